The van der Waals surface area contributed by atoms with E-state index in [0.717, 1.165) is 43.5 Å². The zero-order valence-corrected chi connectivity index (χ0v) is 13.8. The summed E-state index contributed by atoms with van der Waals surface area (Å²) in [5, 5.41) is 3.17. The molecule has 2 heterocycles. The summed E-state index contributed by atoms with van der Waals surface area (Å²) in [6.07, 6.45) is 1.82. The Morgan fingerprint density at radius 2 is 2.14 bits per heavy atom. The predicted octanol–water partition coefficient (Wildman–Crippen LogP) is 0.718. The van der Waals surface area contributed by atoms with Crippen LogP contribution in [0, 0.1) is 0 Å². The van der Waals surface area contributed by atoms with Crippen LogP contribution in [0.5, 0.6) is 0 Å². The summed E-state index contributed by atoms with van der Waals surface area (Å²) < 4.78 is 5.45. The molecule has 0 saturated carbocycles. The summed E-state index contributed by atoms with van der Waals surface area (Å²) in [5.74, 6) is 0. The Morgan fingerprint density at radius 3 is 2.67 bits per heavy atom. The normalized spacial score (nSPS) is 19.2. The van der Waals surface area contributed by atoms with Crippen LogP contribution < -0.4 is 5.32 Å². The van der Waals surface area contributed by atoms with Crippen LogP contribution >= 0.6 is 12.2 Å². The molecule has 1 unspecified atom stereocenters. The van der Waals surface area contributed by atoms with Gasteiger partial charge in [0.1, 0.15) is 10.5 Å². The highest BCUT2D eigenvalue weighted by Gasteiger charge is 2.42. The molecule has 0 bridgehead atoms. The second kappa shape index (κ2) is 7.26. The molecule has 0 aromatic carbocycles. The van der Waals surface area contributed by atoms with Gasteiger partial charge >= 0.3 is 0 Å². The highest BCUT2D eigenvalue weighted by molar-refractivity contribution is 7.80. The Bertz CT molecular complexity index is 462. The SMILES string of the molecule is CNC(=S)C(CN1CCOCC1)(c1ccccn1)N(C)C. The molecule has 116 valence electrons. The Morgan fingerprint density at radius 1 is 1.43 bits per heavy atom. The first-order valence-corrected chi connectivity index (χ1v) is 7.63. The van der Waals surface area contributed by atoms with Crippen LogP contribution in [0.25, 0.3) is 0 Å². The van der Waals surface area contributed by atoms with Gasteiger partial charge in [-0.05, 0) is 26.2 Å². The van der Waals surface area contributed by atoms with Gasteiger partial charge in [0.05, 0.1) is 18.9 Å². The third-order valence-corrected chi connectivity index (χ3v) is 4.55. The molecule has 2 rings (SSSR count). The molecule has 1 aromatic rings. The summed E-state index contributed by atoms with van der Waals surface area (Å²) in [6.45, 7) is 4.21. The van der Waals surface area contributed by atoms with Crippen molar-refractivity contribution in [1.29, 1.82) is 0 Å². The zero-order chi connectivity index (χ0) is 15.3. The third-order valence-electron chi connectivity index (χ3n) is 4.01. The van der Waals surface area contributed by atoms with E-state index in [9.17, 15) is 0 Å². The van der Waals surface area contributed by atoms with Gasteiger partial charge < -0.3 is 10.1 Å². The minimum absolute atomic E-state index is 0.428. The summed E-state index contributed by atoms with van der Waals surface area (Å²) >= 11 is 5.66. The number of likely N-dealkylation sites (N-methyl/N-ethyl adjacent to an activating group) is 2. The van der Waals surface area contributed by atoms with Gasteiger partial charge in [-0.3, -0.25) is 14.8 Å². The summed E-state index contributed by atoms with van der Waals surface area (Å²) in [6, 6.07) is 5.99. The van der Waals surface area contributed by atoms with Crippen molar-refractivity contribution in [3.05, 3.63) is 30.1 Å². The van der Waals surface area contributed by atoms with Crippen molar-refractivity contribution < 1.29 is 4.74 Å². The van der Waals surface area contributed by atoms with E-state index in [2.05, 4.69) is 34.2 Å². The van der Waals surface area contributed by atoms with Crippen molar-refractivity contribution in [3.63, 3.8) is 0 Å². The molecule has 21 heavy (non-hydrogen) atoms. The standard InChI is InChI=1S/C15H24N4OS/c1-16-14(21)15(18(2)3,13-6-4-5-7-17-13)12-19-8-10-20-11-9-19/h4-7H,8-12H2,1-3H3,(H,16,21). The monoisotopic (exact) mass is 308 g/mol. The largest absolute Gasteiger partial charge is 0.381 e. The number of morpholine rings is 1. The number of ether oxygens (including phenoxy) is 1. The first-order valence-electron chi connectivity index (χ1n) is 7.22. The number of hydrogen-bond donors (Lipinski definition) is 1. The molecule has 1 fully saturated rings. The van der Waals surface area contributed by atoms with Crippen molar-refractivity contribution in [1.82, 2.24) is 20.1 Å². The Kier molecular flexibility index (Phi) is 5.64. The topological polar surface area (TPSA) is 40.6 Å². The molecule has 1 aliphatic heterocycles. The van der Waals surface area contributed by atoms with Crippen LogP contribution in [0.4, 0.5) is 0 Å². The molecule has 1 N–H and O–H groups in total. The molecular formula is C15H24N4OS. The molecule has 1 aromatic heterocycles. The lowest BCUT2D eigenvalue weighted by molar-refractivity contribution is 0.0180. The van der Waals surface area contributed by atoms with Crippen molar-refractivity contribution in [2.45, 2.75) is 5.54 Å². The fourth-order valence-corrected chi connectivity index (χ4v) is 3.09. The Labute approximate surface area is 132 Å². The number of thiocarbonyl (C=S) groups is 1. The van der Waals surface area contributed by atoms with Crippen molar-refractivity contribution in [2.75, 3.05) is 54.0 Å². The molecule has 1 atom stereocenters. The lowest BCUT2D eigenvalue weighted by Gasteiger charge is -2.43. The van der Waals surface area contributed by atoms with E-state index in [1.54, 1.807) is 0 Å². The van der Waals surface area contributed by atoms with Crippen molar-refractivity contribution in [2.24, 2.45) is 0 Å². The van der Waals surface area contributed by atoms with Gasteiger partial charge in [-0.2, -0.15) is 0 Å². The van der Waals surface area contributed by atoms with Gasteiger partial charge in [0, 0.05) is 32.9 Å². The fourth-order valence-electron chi connectivity index (χ4n) is 2.74. The number of nitrogens with one attached hydrogen (secondary N) is 1. The van der Waals surface area contributed by atoms with Crippen LogP contribution in [0.2, 0.25) is 0 Å². The summed E-state index contributed by atoms with van der Waals surface area (Å²) in [7, 11) is 5.99. The maximum Gasteiger partial charge on any atom is 0.126 e. The fraction of sp³-hybridized carbons (Fsp3) is 0.600. The minimum atomic E-state index is -0.428. The van der Waals surface area contributed by atoms with E-state index in [0.29, 0.717) is 0 Å². The maximum absolute atomic E-state index is 5.66. The molecule has 6 heteroatoms. The van der Waals surface area contributed by atoms with Crippen LogP contribution in [0.1, 0.15) is 5.69 Å². The average Bonchev–Trinajstić information content (AvgIpc) is 2.53. The van der Waals surface area contributed by atoms with E-state index in [-0.39, 0.29) is 0 Å². The molecule has 5 nitrogen and oxygen atoms in total. The lowest BCUT2D eigenvalue weighted by Crippen LogP contribution is -2.59. The molecule has 0 radical (unpaired) electrons. The summed E-state index contributed by atoms with van der Waals surface area (Å²) in [5.41, 5.74) is 0.545. The maximum atomic E-state index is 5.66. The van der Waals surface area contributed by atoms with Crippen molar-refractivity contribution in [3.8, 4) is 0 Å². The van der Waals surface area contributed by atoms with E-state index in [1.165, 1.54) is 0 Å². The minimum Gasteiger partial charge on any atom is -0.381 e. The molecule has 0 amide bonds. The van der Waals surface area contributed by atoms with Gasteiger partial charge in [-0.15, -0.1) is 0 Å². The Hall–Kier alpha value is -1.08. The van der Waals surface area contributed by atoms with Crippen LogP contribution in [0.15, 0.2) is 24.4 Å². The highest BCUT2D eigenvalue weighted by Crippen LogP contribution is 2.28. The van der Waals surface area contributed by atoms with Crippen molar-refractivity contribution >= 4 is 17.2 Å². The zero-order valence-electron chi connectivity index (χ0n) is 13.0. The number of hydrogen-bond acceptors (Lipinski definition) is 5. The molecular weight excluding hydrogens is 284 g/mol. The predicted molar refractivity (Wildman–Crippen MR) is 88.5 cm³/mol. The quantitative estimate of drug-likeness (QED) is 0.808. The van der Waals surface area contributed by atoms with Gasteiger partial charge in [-0.25, -0.2) is 0 Å². The first kappa shape index (κ1) is 16.3. The number of aromatic nitrogens is 1. The number of pyridine rings is 1. The van der Waals surface area contributed by atoms with E-state index in [4.69, 9.17) is 17.0 Å². The second-order valence-electron chi connectivity index (χ2n) is 5.44. The molecule has 0 aliphatic carbocycles. The first-order chi connectivity index (χ1) is 10.1. The molecule has 0 spiro atoms. The van der Waals surface area contributed by atoms with E-state index >= 15 is 0 Å². The smallest absolute Gasteiger partial charge is 0.126 e. The Balaban J connectivity index is 2.38. The molecule has 1 saturated heterocycles. The van der Waals surface area contributed by atoms with Crippen LogP contribution in [-0.4, -0.2) is 73.8 Å². The van der Waals surface area contributed by atoms with Gasteiger partial charge in [0.25, 0.3) is 0 Å². The van der Waals surface area contributed by atoms with Gasteiger partial charge in [0.2, 0.25) is 0 Å². The van der Waals surface area contributed by atoms with E-state index < -0.39 is 5.54 Å². The average molecular weight is 308 g/mol. The van der Waals surface area contributed by atoms with Crippen LogP contribution in [-0.2, 0) is 10.3 Å². The number of nitrogens with zero attached hydrogens (tertiary/aromatic N) is 3. The van der Waals surface area contributed by atoms with E-state index in [1.807, 2.05) is 31.4 Å². The second-order valence-corrected chi connectivity index (χ2v) is 5.85. The van der Waals surface area contributed by atoms with Gasteiger partial charge in [0.15, 0.2) is 0 Å². The highest BCUT2D eigenvalue weighted by atomic mass is 32.1. The third kappa shape index (κ3) is 3.40. The lowest BCUT2D eigenvalue weighted by atomic mass is 9.91. The van der Waals surface area contributed by atoms with Crippen LogP contribution in [0.3, 0.4) is 0 Å². The summed E-state index contributed by atoms with van der Waals surface area (Å²) in [4.78, 5) is 9.92. The molecule has 1 aliphatic rings. The van der Waals surface area contributed by atoms with Gasteiger partial charge in [-0.1, -0.05) is 18.3 Å². The number of rotatable bonds is 5.